The Morgan fingerprint density at radius 1 is 1.31 bits per heavy atom. The lowest BCUT2D eigenvalue weighted by atomic mass is 10.1. The van der Waals surface area contributed by atoms with Gasteiger partial charge < -0.3 is 9.84 Å². The summed E-state index contributed by atoms with van der Waals surface area (Å²) in [6.07, 6.45) is -1.10. The summed E-state index contributed by atoms with van der Waals surface area (Å²) in [6, 6.07) is 5.80. The Morgan fingerprint density at radius 3 is 2.25 bits per heavy atom. The molecule has 0 radical (unpaired) electrons. The highest BCUT2D eigenvalue weighted by Crippen LogP contribution is 2.25. The zero-order valence-electron chi connectivity index (χ0n) is 10.00. The number of para-hydroxylation sites is 1. The molecule has 0 spiro atoms. The van der Waals surface area contributed by atoms with Crippen molar-refractivity contribution < 1.29 is 14.6 Å². The van der Waals surface area contributed by atoms with E-state index in [-0.39, 0.29) is 0 Å². The maximum absolute atomic E-state index is 10.6. The van der Waals surface area contributed by atoms with Crippen molar-refractivity contribution in [1.29, 1.82) is 0 Å². The zero-order chi connectivity index (χ0) is 12.3. The molecule has 0 atom stereocenters. The van der Waals surface area contributed by atoms with Crippen LogP contribution in [0.3, 0.4) is 0 Å². The van der Waals surface area contributed by atoms with E-state index in [0.29, 0.717) is 0 Å². The molecule has 0 unspecified atom stereocenters. The normalized spacial score (nSPS) is 11.0. The number of rotatable bonds is 3. The van der Waals surface area contributed by atoms with Crippen LogP contribution in [0.4, 0.5) is 4.79 Å². The van der Waals surface area contributed by atoms with Crippen LogP contribution in [-0.4, -0.2) is 16.9 Å². The lowest BCUT2D eigenvalue weighted by molar-refractivity contribution is 0.0680. The van der Waals surface area contributed by atoms with Gasteiger partial charge in [0.05, 0.1) is 0 Å². The summed E-state index contributed by atoms with van der Waals surface area (Å²) in [5.74, 6) is 0.723. The van der Waals surface area contributed by atoms with Gasteiger partial charge in [0.15, 0.2) is 5.72 Å². The number of aryl methyl sites for hydroxylation is 2. The Hall–Kier alpha value is -1.71. The van der Waals surface area contributed by atoms with Gasteiger partial charge in [-0.05, 0) is 38.8 Å². The fourth-order valence-electron chi connectivity index (χ4n) is 1.50. The van der Waals surface area contributed by atoms with Crippen molar-refractivity contribution in [2.45, 2.75) is 33.4 Å². The first kappa shape index (κ1) is 12.4. The van der Waals surface area contributed by atoms with E-state index >= 15 is 0 Å². The van der Waals surface area contributed by atoms with Gasteiger partial charge in [0.25, 0.3) is 0 Å². The fourth-order valence-corrected chi connectivity index (χ4v) is 1.50. The lowest BCUT2D eigenvalue weighted by Crippen LogP contribution is -2.47. The Labute approximate surface area is 95.2 Å². The second-order valence-electron chi connectivity index (χ2n) is 4.26. The van der Waals surface area contributed by atoms with Crippen molar-refractivity contribution >= 4 is 6.09 Å². The number of hydrogen-bond donors (Lipinski definition) is 2. The third-order valence-electron chi connectivity index (χ3n) is 2.17. The van der Waals surface area contributed by atoms with E-state index in [1.807, 2.05) is 32.0 Å². The van der Waals surface area contributed by atoms with Crippen molar-refractivity contribution in [2.24, 2.45) is 0 Å². The largest absolute Gasteiger partial charge is 0.468 e. The Morgan fingerprint density at radius 2 is 1.81 bits per heavy atom. The molecule has 0 fully saturated rings. The Bertz CT molecular complexity index is 379. The van der Waals surface area contributed by atoms with Gasteiger partial charge in [-0.25, -0.2) is 4.79 Å². The second-order valence-corrected chi connectivity index (χ2v) is 4.26. The Kier molecular flexibility index (Phi) is 3.42. The van der Waals surface area contributed by atoms with Gasteiger partial charge in [0, 0.05) is 0 Å². The summed E-state index contributed by atoms with van der Waals surface area (Å²) in [4.78, 5) is 10.6. The molecule has 1 aromatic rings. The molecular formula is C12H17NO3. The summed E-state index contributed by atoms with van der Waals surface area (Å²) in [7, 11) is 0. The van der Waals surface area contributed by atoms with E-state index in [4.69, 9.17) is 9.84 Å². The zero-order valence-corrected chi connectivity index (χ0v) is 10.00. The molecule has 88 valence electrons. The monoisotopic (exact) mass is 223 g/mol. The molecule has 4 nitrogen and oxygen atoms in total. The van der Waals surface area contributed by atoms with Crippen molar-refractivity contribution in [3.8, 4) is 5.75 Å². The number of carbonyl (C=O) groups is 1. The maximum Gasteiger partial charge on any atom is 0.407 e. The smallest absolute Gasteiger partial charge is 0.407 e. The van der Waals surface area contributed by atoms with Crippen molar-refractivity contribution in [3.63, 3.8) is 0 Å². The minimum absolute atomic E-state index is 0.723. The van der Waals surface area contributed by atoms with Crippen LogP contribution in [0, 0.1) is 13.8 Å². The summed E-state index contributed by atoms with van der Waals surface area (Å²) in [5.41, 5.74) is 1.03. The molecule has 0 heterocycles. The van der Waals surface area contributed by atoms with E-state index in [9.17, 15) is 4.79 Å². The minimum Gasteiger partial charge on any atom is -0.468 e. The molecule has 0 saturated carbocycles. The highest BCUT2D eigenvalue weighted by molar-refractivity contribution is 5.65. The van der Waals surface area contributed by atoms with Crippen molar-refractivity contribution in [2.75, 3.05) is 0 Å². The summed E-state index contributed by atoms with van der Waals surface area (Å²) < 4.78 is 5.68. The molecule has 0 bridgehead atoms. The molecule has 1 rings (SSSR count). The molecule has 1 amide bonds. The third-order valence-corrected chi connectivity index (χ3v) is 2.17. The van der Waals surface area contributed by atoms with Crippen LogP contribution < -0.4 is 10.1 Å². The van der Waals surface area contributed by atoms with E-state index in [1.54, 1.807) is 13.8 Å². The van der Waals surface area contributed by atoms with Gasteiger partial charge in [-0.2, -0.15) is 0 Å². The first-order chi connectivity index (χ1) is 7.32. The van der Waals surface area contributed by atoms with Gasteiger partial charge in [0.2, 0.25) is 0 Å². The van der Waals surface area contributed by atoms with Crippen molar-refractivity contribution in [3.05, 3.63) is 29.3 Å². The van der Waals surface area contributed by atoms with E-state index in [1.165, 1.54) is 0 Å². The van der Waals surface area contributed by atoms with Crippen LogP contribution in [0.5, 0.6) is 5.75 Å². The summed E-state index contributed by atoms with van der Waals surface area (Å²) in [5, 5.41) is 11.0. The van der Waals surface area contributed by atoms with Gasteiger partial charge in [-0.15, -0.1) is 0 Å². The minimum atomic E-state index is -1.10. The number of ether oxygens (including phenoxy) is 1. The van der Waals surface area contributed by atoms with Gasteiger partial charge in [0.1, 0.15) is 5.75 Å². The molecule has 0 aliphatic carbocycles. The number of benzene rings is 1. The Balaban J connectivity index is 2.91. The summed E-state index contributed by atoms with van der Waals surface area (Å²) >= 11 is 0. The summed E-state index contributed by atoms with van der Waals surface area (Å²) in [6.45, 7) is 7.21. The molecule has 16 heavy (non-hydrogen) atoms. The molecule has 0 aliphatic rings. The predicted molar refractivity (Wildman–Crippen MR) is 61.8 cm³/mol. The van der Waals surface area contributed by atoms with Crippen LogP contribution in [0.25, 0.3) is 0 Å². The van der Waals surface area contributed by atoms with Crippen LogP contribution in [0.1, 0.15) is 25.0 Å². The SMILES string of the molecule is Cc1cccc(C)c1OC(C)(C)NC(=O)O. The number of nitrogens with one attached hydrogen (secondary N) is 1. The molecule has 2 N–H and O–H groups in total. The molecule has 0 saturated heterocycles. The van der Waals surface area contributed by atoms with Crippen LogP contribution in [0.15, 0.2) is 18.2 Å². The number of amides is 1. The van der Waals surface area contributed by atoms with Crippen LogP contribution in [-0.2, 0) is 0 Å². The van der Waals surface area contributed by atoms with Gasteiger partial charge in [-0.1, -0.05) is 18.2 Å². The maximum atomic E-state index is 10.6. The first-order valence-electron chi connectivity index (χ1n) is 5.08. The number of hydrogen-bond acceptors (Lipinski definition) is 2. The van der Waals surface area contributed by atoms with Gasteiger partial charge >= 0.3 is 6.09 Å². The first-order valence-corrected chi connectivity index (χ1v) is 5.08. The average Bonchev–Trinajstić information content (AvgIpc) is 2.09. The van der Waals surface area contributed by atoms with Crippen LogP contribution >= 0.6 is 0 Å². The molecule has 0 aromatic heterocycles. The van der Waals surface area contributed by atoms with Crippen molar-refractivity contribution in [1.82, 2.24) is 5.32 Å². The molecule has 4 heteroatoms. The van der Waals surface area contributed by atoms with Gasteiger partial charge in [-0.3, -0.25) is 5.32 Å². The lowest BCUT2D eigenvalue weighted by Gasteiger charge is -2.27. The number of carboxylic acid groups (broad SMARTS) is 1. The predicted octanol–water partition coefficient (Wildman–Crippen LogP) is 2.69. The average molecular weight is 223 g/mol. The quantitative estimate of drug-likeness (QED) is 0.774. The molecule has 0 aliphatic heterocycles. The van der Waals surface area contributed by atoms with E-state index in [2.05, 4.69) is 5.32 Å². The molecular weight excluding hydrogens is 206 g/mol. The van der Waals surface area contributed by atoms with Crippen LogP contribution in [0.2, 0.25) is 0 Å². The molecule has 1 aromatic carbocycles. The van der Waals surface area contributed by atoms with E-state index < -0.39 is 11.8 Å². The third kappa shape index (κ3) is 3.15. The second kappa shape index (κ2) is 4.43. The fraction of sp³-hybridized carbons (Fsp3) is 0.417. The highest BCUT2D eigenvalue weighted by Gasteiger charge is 2.23. The van der Waals surface area contributed by atoms with E-state index in [0.717, 1.165) is 16.9 Å². The standard InChI is InChI=1S/C12H17NO3/c1-8-6-5-7-9(2)10(8)16-12(3,4)13-11(14)15/h5-7,13H,1-4H3,(H,14,15). The highest BCUT2D eigenvalue weighted by atomic mass is 16.5. The topological polar surface area (TPSA) is 58.6 Å².